The summed E-state index contributed by atoms with van der Waals surface area (Å²) >= 11 is 0. The second-order valence-electron chi connectivity index (χ2n) is 4.73. The van der Waals surface area contributed by atoms with Crippen molar-refractivity contribution in [2.75, 3.05) is 7.11 Å². The summed E-state index contributed by atoms with van der Waals surface area (Å²) < 4.78 is 7.07. The molecule has 5 nitrogen and oxygen atoms in total. The van der Waals surface area contributed by atoms with Gasteiger partial charge in [-0.15, -0.1) is 0 Å². The Morgan fingerprint density at radius 1 is 1.21 bits per heavy atom. The Balaban J connectivity index is 2.42. The first-order chi connectivity index (χ1) is 9.02. The number of nitrogens with zero attached hydrogens (tertiary/aromatic N) is 3. The van der Waals surface area contributed by atoms with E-state index in [9.17, 15) is 0 Å². The maximum Gasteiger partial charge on any atom is 0.147 e. The molecule has 1 aromatic heterocycles. The first kappa shape index (κ1) is 13.5. The van der Waals surface area contributed by atoms with E-state index in [1.54, 1.807) is 7.11 Å². The third-order valence-electron chi connectivity index (χ3n) is 3.13. The monoisotopic (exact) mass is 260 g/mol. The van der Waals surface area contributed by atoms with E-state index in [0.29, 0.717) is 0 Å². The number of rotatable bonds is 4. The molecule has 0 fully saturated rings. The van der Waals surface area contributed by atoms with Gasteiger partial charge in [0.25, 0.3) is 0 Å². The third kappa shape index (κ3) is 2.76. The van der Waals surface area contributed by atoms with Gasteiger partial charge in [0, 0.05) is 6.04 Å². The number of aryl methyl sites for hydroxylation is 2. The molecule has 2 aromatic rings. The summed E-state index contributed by atoms with van der Waals surface area (Å²) in [6.07, 6.45) is 0. The molecule has 2 N–H and O–H groups in total. The van der Waals surface area contributed by atoms with Crippen LogP contribution in [-0.2, 0) is 0 Å². The van der Waals surface area contributed by atoms with Crippen molar-refractivity contribution in [3.63, 3.8) is 0 Å². The Labute approximate surface area is 113 Å². The minimum Gasteiger partial charge on any atom is -0.497 e. The van der Waals surface area contributed by atoms with E-state index < -0.39 is 0 Å². The maximum atomic E-state index is 6.13. The van der Waals surface area contributed by atoms with Crippen molar-refractivity contribution < 1.29 is 4.74 Å². The lowest BCUT2D eigenvalue weighted by Gasteiger charge is -2.22. The first-order valence-corrected chi connectivity index (χ1v) is 6.32. The largest absolute Gasteiger partial charge is 0.497 e. The van der Waals surface area contributed by atoms with Gasteiger partial charge in [-0.25, -0.2) is 9.67 Å². The molecule has 1 aromatic carbocycles. The molecule has 5 heteroatoms. The number of nitrogens with two attached hydrogens (primary N) is 1. The van der Waals surface area contributed by atoms with E-state index >= 15 is 0 Å². The summed E-state index contributed by atoms with van der Waals surface area (Å²) in [5, 5.41) is 4.45. The molecule has 0 radical (unpaired) electrons. The van der Waals surface area contributed by atoms with Gasteiger partial charge < -0.3 is 10.5 Å². The molecule has 0 saturated carbocycles. The average Bonchev–Trinajstić information content (AvgIpc) is 2.69. The minimum absolute atomic E-state index is 0.0212. The van der Waals surface area contributed by atoms with Crippen LogP contribution in [0.4, 0.5) is 0 Å². The normalized spacial score (nSPS) is 14.2. The Kier molecular flexibility index (Phi) is 3.85. The van der Waals surface area contributed by atoms with E-state index in [-0.39, 0.29) is 12.1 Å². The van der Waals surface area contributed by atoms with Crippen molar-refractivity contribution in [1.29, 1.82) is 0 Å². The highest BCUT2D eigenvalue weighted by Gasteiger charge is 2.21. The summed E-state index contributed by atoms with van der Waals surface area (Å²) in [6, 6.07) is 7.82. The molecule has 2 atom stereocenters. The molecule has 0 amide bonds. The number of aromatic nitrogens is 3. The van der Waals surface area contributed by atoms with Crippen molar-refractivity contribution >= 4 is 0 Å². The molecule has 19 heavy (non-hydrogen) atoms. The first-order valence-electron chi connectivity index (χ1n) is 6.32. The lowest BCUT2D eigenvalue weighted by atomic mass is 10.0. The van der Waals surface area contributed by atoms with Gasteiger partial charge in [-0.2, -0.15) is 5.10 Å². The fraction of sp³-hybridized carbons (Fsp3) is 0.429. The summed E-state index contributed by atoms with van der Waals surface area (Å²) in [7, 11) is 1.66. The molecule has 2 rings (SSSR count). The van der Waals surface area contributed by atoms with Crippen LogP contribution in [-0.4, -0.2) is 27.9 Å². The number of ether oxygens (including phenoxy) is 1. The zero-order chi connectivity index (χ0) is 14.0. The molecular formula is C14H20N4O. The molecule has 102 valence electrons. The molecule has 0 aliphatic rings. The molecular weight excluding hydrogens is 240 g/mol. The van der Waals surface area contributed by atoms with Gasteiger partial charge in [0.1, 0.15) is 17.4 Å². The molecule has 0 bridgehead atoms. The van der Waals surface area contributed by atoms with Crippen molar-refractivity contribution in [3.8, 4) is 5.75 Å². The molecule has 0 aliphatic carbocycles. The Morgan fingerprint density at radius 3 is 2.26 bits per heavy atom. The molecule has 2 unspecified atom stereocenters. The summed E-state index contributed by atoms with van der Waals surface area (Å²) in [5.74, 6) is 2.46. The fourth-order valence-corrected chi connectivity index (χ4v) is 2.27. The van der Waals surface area contributed by atoms with Crippen LogP contribution in [0.1, 0.15) is 30.2 Å². The summed E-state index contributed by atoms with van der Waals surface area (Å²) in [5.41, 5.74) is 7.23. The van der Waals surface area contributed by atoms with Crippen LogP contribution in [0.2, 0.25) is 0 Å². The van der Waals surface area contributed by atoms with Gasteiger partial charge >= 0.3 is 0 Å². The second-order valence-corrected chi connectivity index (χ2v) is 4.73. The van der Waals surface area contributed by atoms with Crippen molar-refractivity contribution in [1.82, 2.24) is 14.8 Å². The van der Waals surface area contributed by atoms with E-state index in [0.717, 1.165) is 23.0 Å². The van der Waals surface area contributed by atoms with Crippen molar-refractivity contribution in [2.24, 2.45) is 5.73 Å². The van der Waals surface area contributed by atoms with Gasteiger partial charge in [-0.3, -0.25) is 0 Å². The maximum absolute atomic E-state index is 6.13. The van der Waals surface area contributed by atoms with Gasteiger partial charge in [0.05, 0.1) is 13.2 Å². The average molecular weight is 260 g/mol. The lowest BCUT2D eigenvalue weighted by Crippen LogP contribution is -2.31. The zero-order valence-corrected chi connectivity index (χ0v) is 11.8. The SMILES string of the molecule is COc1ccc(C(C(C)N)n2nc(C)nc2C)cc1. The Bertz CT molecular complexity index is 545. The van der Waals surface area contributed by atoms with Crippen LogP contribution in [0.5, 0.6) is 5.75 Å². The van der Waals surface area contributed by atoms with Crippen LogP contribution in [0.25, 0.3) is 0 Å². The predicted octanol–water partition coefficient (Wildman–Crippen LogP) is 1.84. The van der Waals surface area contributed by atoms with Crippen LogP contribution in [0.15, 0.2) is 24.3 Å². The number of methoxy groups -OCH3 is 1. The van der Waals surface area contributed by atoms with Gasteiger partial charge in [-0.1, -0.05) is 12.1 Å². The standard InChI is InChI=1S/C14H20N4O/c1-9(15)14(18-11(3)16-10(2)17-18)12-5-7-13(19-4)8-6-12/h5-9,14H,15H2,1-4H3. The minimum atomic E-state index is -0.0619. The Hall–Kier alpha value is -1.88. The number of benzene rings is 1. The van der Waals surface area contributed by atoms with Crippen molar-refractivity contribution in [2.45, 2.75) is 32.9 Å². The van der Waals surface area contributed by atoms with Crippen LogP contribution in [0.3, 0.4) is 0 Å². The Morgan fingerprint density at radius 2 is 1.84 bits per heavy atom. The predicted molar refractivity (Wildman–Crippen MR) is 74.3 cm³/mol. The topological polar surface area (TPSA) is 66.0 Å². The van der Waals surface area contributed by atoms with Gasteiger partial charge in [0.2, 0.25) is 0 Å². The third-order valence-corrected chi connectivity index (χ3v) is 3.13. The molecule has 0 saturated heterocycles. The van der Waals surface area contributed by atoms with Crippen LogP contribution in [0, 0.1) is 13.8 Å². The molecule has 0 spiro atoms. The number of hydrogen-bond acceptors (Lipinski definition) is 4. The van der Waals surface area contributed by atoms with Crippen molar-refractivity contribution in [3.05, 3.63) is 41.5 Å². The smallest absolute Gasteiger partial charge is 0.147 e. The number of hydrogen-bond donors (Lipinski definition) is 1. The summed E-state index contributed by atoms with van der Waals surface area (Å²) in [4.78, 5) is 4.35. The van der Waals surface area contributed by atoms with Gasteiger partial charge in [0.15, 0.2) is 0 Å². The van der Waals surface area contributed by atoms with E-state index in [1.165, 1.54) is 0 Å². The highest BCUT2D eigenvalue weighted by Crippen LogP contribution is 2.24. The van der Waals surface area contributed by atoms with E-state index in [2.05, 4.69) is 10.1 Å². The van der Waals surface area contributed by atoms with E-state index in [4.69, 9.17) is 10.5 Å². The van der Waals surface area contributed by atoms with Gasteiger partial charge in [-0.05, 0) is 38.5 Å². The second kappa shape index (κ2) is 5.40. The highest BCUT2D eigenvalue weighted by molar-refractivity contribution is 5.30. The molecule has 1 heterocycles. The van der Waals surface area contributed by atoms with E-state index in [1.807, 2.05) is 49.7 Å². The quantitative estimate of drug-likeness (QED) is 0.911. The fourth-order valence-electron chi connectivity index (χ4n) is 2.27. The zero-order valence-electron chi connectivity index (χ0n) is 11.8. The summed E-state index contributed by atoms with van der Waals surface area (Å²) in [6.45, 7) is 5.81. The molecule has 0 aliphatic heterocycles. The van der Waals surface area contributed by atoms with Crippen LogP contribution < -0.4 is 10.5 Å². The highest BCUT2D eigenvalue weighted by atomic mass is 16.5. The lowest BCUT2D eigenvalue weighted by molar-refractivity contribution is 0.412. The van der Waals surface area contributed by atoms with Crippen LogP contribution >= 0.6 is 0 Å².